The van der Waals surface area contributed by atoms with Gasteiger partial charge in [0, 0.05) is 19.1 Å². The predicted molar refractivity (Wildman–Crippen MR) is 121 cm³/mol. The largest absolute Gasteiger partial charge is 0.374 e. The summed E-state index contributed by atoms with van der Waals surface area (Å²) in [6.07, 6.45) is 5.05. The van der Waals surface area contributed by atoms with E-state index in [0.29, 0.717) is 25.9 Å². The molecule has 0 aromatic heterocycles. The van der Waals surface area contributed by atoms with Gasteiger partial charge in [0.2, 0.25) is 5.91 Å². The Bertz CT molecular complexity index is 1110. The van der Waals surface area contributed by atoms with Crippen molar-refractivity contribution in [3.8, 4) is 11.1 Å². The van der Waals surface area contributed by atoms with E-state index in [9.17, 15) is 13.2 Å². The summed E-state index contributed by atoms with van der Waals surface area (Å²) in [5.41, 5.74) is 6.11. The summed E-state index contributed by atoms with van der Waals surface area (Å²) >= 11 is 0. The van der Waals surface area contributed by atoms with Gasteiger partial charge in [-0.2, -0.15) is 0 Å². The third kappa shape index (κ3) is 4.41. The smallest absolute Gasteiger partial charge is 0.220 e. The highest BCUT2D eigenvalue weighted by Crippen LogP contribution is 2.37. The van der Waals surface area contributed by atoms with Crippen LogP contribution in [-0.2, 0) is 32.2 Å². The Morgan fingerprint density at radius 1 is 1.13 bits per heavy atom. The highest BCUT2D eigenvalue weighted by atomic mass is 32.2. The van der Waals surface area contributed by atoms with Crippen molar-refractivity contribution in [2.45, 2.75) is 56.6 Å². The van der Waals surface area contributed by atoms with Crippen molar-refractivity contribution in [3.05, 3.63) is 59.2 Å². The molecule has 2 aromatic rings. The first-order valence-corrected chi connectivity index (χ1v) is 13.1. The number of sulfone groups is 1. The molecule has 5 nitrogen and oxygen atoms in total. The topological polar surface area (TPSA) is 72.5 Å². The Labute approximate surface area is 184 Å². The van der Waals surface area contributed by atoms with Crippen LogP contribution >= 0.6 is 0 Å². The zero-order chi connectivity index (χ0) is 21.5. The molecule has 2 heterocycles. The molecule has 0 radical (unpaired) electrons. The fraction of sp³-hybridized carbons (Fsp3) is 0.480. The molecular weight excluding hydrogens is 410 g/mol. The van der Waals surface area contributed by atoms with Gasteiger partial charge in [-0.3, -0.25) is 4.79 Å². The van der Waals surface area contributed by atoms with Gasteiger partial charge in [-0.1, -0.05) is 42.5 Å². The fourth-order valence-electron chi connectivity index (χ4n) is 5.39. The van der Waals surface area contributed by atoms with Crippen LogP contribution in [0, 0.1) is 0 Å². The summed E-state index contributed by atoms with van der Waals surface area (Å²) < 4.78 is 29.6. The van der Waals surface area contributed by atoms with E-state index >= 15 is 0 Å². The summed E-state index contributed by atoms with van der Waals surface area (Å²) in [5.74, 6) is 0.335. The molecule has 1 amide bonds. The number of aryl methyl sites for hydroxylation is 1. The van der Waals surface area contributed by atoms with Gasteiger partial charge in [0.05, 0.1) is 17.1 Å². The molecule has 3 aliphatic rings. The molecule has 2 unspecified atom stereocenters. The third-order valence-electron chi connectivity index (χ3n) is 6.94. The normalized spacial score (nSPS) is 25.9. The number of hydrogen-bond donors (Lipinski definition) is 1. The number of benzene rings is 2. The first-order valence-electron chi connectivity index (χ1n) is 11.3. The number of carbonyl (C=O) groups excluding carboxylic acids is 1. The summed E-state index contributed by atoms with van der Waals surface area (Å²) in [5, 5.41) is 3.12. The van der Waals surface area contributed by atoms with Gasteiger partial charge in [0.15, 0.2) is 9.84 Å². The van der Waals surface area contributed by atoms with Crippen molar-refractivity contribution >= 4 is 15.7 Å². The minimum Gasteiger partial charge on any atom is -0.374 e. The molecular formula is C25H29NO4S. The van der Waals surface area contributed by atoms with Crippen LogP contribution in [0.4, 0.5) is 0 Å². The van der Waals surface area contributed by atoms with E-state index in [2.05, 4.69) is 47.8 Å². The van der Waals surface area contributed by atoms with E-state index in [1.165, 1.54) is 27.8 Å². The molecule has 1 N–H and O–H groups in total. The highest BCUT2D eigenvalue weighted by molar-refractivity contribution is 7.91. The standard InChI is InChI=1S/C25H29NO4S/c27-24(26-21-10-12-30-25(16-21)11-13-31(28,29)17-25)7-3-4-18-8-9-20-15-19-5-1-2-6-22(19)23(20)14-18/h1-2,5-6,8-9,14,21H,3-4,7,10-13,15-17H2,(H,26,27). The van der Waals surface area contributed by atoms with E-state index in [1.54, 1.807) is 0 Å². The zero-order valence-corrected chi connectivity index (χ0v) is 18.5. The van der Waals surface area contributed by atoms with E-state index in [1.807, 2.05) is 0 Å². The number of nitrogens with one attached hydrogen (secondary N) is 1. The maximum Gasteiger partial charge on any atom is 0.220 e. The van der Waals surface area contributed by atoms with Gasteiger partial charge in [-0.25, -0.2) is 8.42 Å². The van der Waals surface area contributed by atoms with Crippen LogP contribution in [-0.4, -0.2) is 44.1 Å². The number of rotatable bonds is 5. The van der Waals surface area contributed by atoms with Crippen LogP contribution in [0.15, 0.2) is 42.5 Å². The summed E-state index contributed by atoms with van der Waals surface area (Å²) in [7, 11) is -3.01. The van der Waals surface area contributed by atoms with Crippen LogP contribution in [0.25, 0.3) is 11.1 Å². The number of amides is 1. The lowest BCUT2D eigenvalue weighted by Crippen LogP contribution is -2.49. The first kappa shape index (κ1) is 20.7. The van der Waals surface area contributed by atoms with Gasteiger partial charge in [-0.15, -0.1) is 0 Å². The van der Waals surface area contributed by atoms with Gasteiger partial charge in [-0.05, 0) is 66.3 Å². The Balaban J connectivity index is 1.13. The minimum absolute atomic E-state index is 0.00560. The maximum atomic E-state index is 12.5. The molecule has 2 aromatic carbocycles. The quantitative estimate of drug-likeness (QED) is 0.661. The molecule has 2 saturated heterocycles. The van der Waals surface area contributed by atoms with Gasteiger partial charge in [0.25, 0.3) is 0 Å². The number of fused-ring (bicyclic) bond motifs is 3. The molecule has 6 heteroatoms. The van der Waals surface area contributed by atoms with Crippen LogP contribution in [0.1, 0.15) is 48.8 Å². The second-order valence-electron chi connectivity index (χ2n) is 9.31. The predicted octanol–water partition coefficient (Wildman–Crippen LogP) is 3.43. The first-order chi connectivity index (χ1) is 14.9. The minimum atomic E-state index is -3.01. The van der Waals surface area contributed by atoms with Crippen LogP contribution in [0.5, 0.6) is 0 Å². The molecule has 31 heavy (non-hydrogen) atoms. The summed E-state index contributed by atoms with van der Waals surface area (Å²) in [4.78, 5) is 12.5. The molecule has 1 spiro atoms. The Kier molecular flexibility index (Phi) is 5.39. The summed E-state index contributed by atoms with van der Waals surface area (Å²) in [6.45, 7) is 0.511. The average Bonchev–Trinajstić information content (AvgIpc) is 3.24. The zero-order valence-electron chi connectivity index (χ0n) is 17.7. The van der Waals surface area contributed by atoms with Crippen molar-refractivity contribution in [3.63, 3.8) is 0 Å². The monoisotopic (exact) mass is 439 g/mol. The fourth-order valence-corrected chi connectivity index (χ4v) is 7.37. The van der Waals surface area contributed by atoms with E-state index < -0.39 is 15.4 Å². The van der Waals surface area contributed by atoms with Gasteiger partial charge in [0.1, 0.15) is 0 Å². The third-order valence-corrected chi connectivity index (χ3v) is 8.73. The van der Waals surface area contributed by atoms with Crippen molar-refractivity contribution in [1.82, 2.24) is 5.32 Å². The van der Waals surface area contributed by atoms with Gasteiger partial charge >= 0.3 is 0 Å². The van der Waals surface area contributed by atoms with Crippen LogP contribution in [0.2, 0.25) is 0 Å². The highest BCUT2D eigenvalue weighted by Gasteiger charge is 2.46. The lowest BCUT2D eigenvalue weighted by Gasteiger charge is -2.37. The molecule has 164 valence electrons. The van der Waals surface area contributed by atoms with Gasteiger partial charge < -0.3 is 10.1 Å². The Morgan fingerprint density at radius 3 is 2.81 bits per heavy atom. The van der Waals surface area contributed by atoms with Crippen molar-refractivity contribution in [2.75, 3.05) is 18.1 Å². The molecule has 1 aliphatic carbocycles. The van der Waals surface area contributed by atoms with Crippen molar-refractivity contribution in [1.29, 1.82) is 0 Å². The second-order valence-corrected chi connectivity index (χ2v) is 11.5. The number of ether oxygens (including phenoxy) is 1. The average molecular weight is 440 g/mol. The lowest BCUT2D eigenvalue weighted by molar-refractivity contribution is -0.124. The maximum absolute atomic E-state index is 12.5. The molecule has 0 bridgehead atoms. The SMILES string of the molecule is O=C(CCCc1ccc2c(c1)-c1ccccc1C2)NC1CCOC2(CCS(=O)(=O)C2)C1. The lowest BCUT2D eigenvalue weighted by atomic mass is 9.90. The molecule has 5 rings (SSSR count). The summed E-state index contributed by atoms with van der Waals surface area (Å²) in [6, 6.07) is 15.3. The molecule has 0 saturated carbocycles. The molecule has 2 atom stereocenters. The van der Waals surface area contributed by atoms with E-state index in [-0.39, 0.29) is 23.5 Å². The van der Waals surface area contributed by atoms with Crippen molar-refractivity contribution in [2.24, 2.45) is 0 Å². The number of carbonyl (C=O) groups is 1. The van der Waals surface area contributed by atoms with Crippen LogP contribution in [0.3, 0.4) is 0 Å². The van der Waals surface area contributed by atoms with E-state index in [0.717, 1.165) is 25.7 Å². The van der Waals surface area contributed by atoms with Crippen LogP contribution < -0.4 is 5.32 Å². The Hall–Kier alpha value is -2.18. The Morgan fingerprint density at radius 2 is 1.97 bits per heavy atom. The van der Waals surface area contributed by atoms with E-state index in [4.69, 9.17) is 4.74 Å². The van der Waals surface area contributed by atoms with Crippen molar-refractivity contribution < 1.29 is 17.9 Å². The molecule has 2 aliphatic heterocycles. The second kappa shape index (κ2) is 8.06. The number of hydrogen-bond acceptors (Lipinski definition) is 4. The molecule has 2 fully saturated rings.